The molecule has 0 bridgehead atoms. The highest BCUT2D eigenvalue weighted by atomic mass is 35.5. The van der Waals surface area contributed by atoms with Crippen molar-refractivity contribution in [2.75, 3.05) is 23.9 Å². The number of fused-ring (bicyclic) bond motifs is 4. The van der Waals surface area contributed by atoms with Crippen molar-refractivity contribution in [1.82, 2.24) is 15.0 Å². The molecule has 174 valence electrons. The molecule has 5 rings (SSSR count). The molecule has 1 aromatic heterocycles. The quantitative estimate of drug-likeness (QED) is 0.551. The number of aromatic nitrogens is 3. The van der Waals surface area contributed by atoms with E-state index in [-0.39, 0.29) is 30.5 Å². The van der Waals surface area contributed by atoms with E-state index in [2.05, 4.69) is 15.6 Å². The van der Waals surface area contributed by atoms with Crippen molar-refractivity contribution in [3.63, 3.8) is 0 Å². The molecule has 34 heavy (non-hydrogen) atoms. The van der Waals surface area contributed by atoms with Crippen molar-refractivity contribution in [2.45, 2.75) is 24.8 Å². The monoisotopic (exact) mass is 499 g/mol. The van der Waals surface area contributed by atoms with Gasteiger partial charge in [0.15, 0.2) is 5.82 Å². The van der Waals surface area contributed by atoms with Gasteiger partial charge < -0.3 is 10.1 Å². The van der Waals surface area contributed by atoms with Crippen molar-refractivity contribution in [3.05, 3.63) is 69.3 Å². The summed E-state index contributed by atoms with van der Waals surface area (Å²) in [4.78, 5) is 40.3. The Morgan fingerprint density at radius 1 is 1.18 bits per heavy atom. The Morgan fingerprint density at radius 3 is 2.59 bits per heavy atom. The minimum atomic E-state index is -1.42. The molecule has 0 aliphatic carbocycles. The molecule has 0 radical (unpaired) electrons. The zero-order chi connectivity index (χ0) is 24.2. The molecule has 2 aliphatic heterocycles. The number of nitrogens with one attached hydrogen (secondary N) is 1. The Labute approximate surface area is 204 Å². The molecule has 9 nitrogen and oxygen atoms in total. The van der Waals surface area contributed by atoms with Gasteiger partial charge >= 0.3 is 5.97 Å². The SMILES string of the molecule is COC(=O)CN1C(=O)C[C@]2(C(=O)Nc3ccc(Cl)cc32)c2nnn([C@@H](C)c3ccc(Cl)cc3)c21. The van der Waals surface area contributed by atoms with Gasteiger partial charge in [-0.15, -0.1) is 5.10 Å². The number of hydrogen-bond donors (Lipinski definition) is 1. The minimum Gasteiger partial charge on any atom is -0.468 e. The van der Waals surface area contributed by atoms with E-state index < -0.39 is 23.2 Å². The first kappa shape index (κ1) is 22.4. The maximum absolute atomic E-state index is 13.5. The third kappa shape index (κ3) is 3.26. The Balaban J connectivity index is 1.73. The number of anilines is 2. The van der Waals surface area contributed by atoms with Gasteiger partial charge in [0.2, 0.25) is 11.8 Å². The summed E-state index contributed by atoms with van der Waals surface area (Å²) < 4.78 is 6.34. The van der Waals surface area contributed by atoms with E-state index in [0.29, 0.717) is 21.3 Å². The summed E-state index contributed by atoms with van der Waals surface area (Å²) in [5.41, 5.74) is 0.798. The molecule has 2 amide bonds. The zero-order valence-corrected chi connectivity index (χ0v) is 19.7. The Hall–Kier alpha value is -3.43. The first-order chi connectivity index (χ1) is 16.3. The van der Waals surface area contributed by atoms with Crippen LogP contribution in [0, 0.1) is 0 Å². The third-order valence-corrected chi connectivity index (χ3v) is 6.85. The fourth-order valence-corrected chi connectivity index (χ4v) is 4.88. The molecule has 3 aromatic rings. The fourth-order valence-electron chi connectivity index (χ4n) is 4.58. The van der Waals surface area contributed by atoms with E-state index in [9.17, 15) is 14.4 Å². The second-order valence-corrected chi connectivity index (χ2v) is 9.09. The standard InChI is InChI=1S/C23H19Cl2N5O4/c1-12(13-3-5-14(24)6-4-13)30-21-20(27-28-30)23(10-18(31)29(21)11-19(32)34-2)16-9-15(25)7-8-17(16)26-22(23)33/h3-9,12H,10-11H2,1-2H3,(H,26,33)/t12-,23+/m0/s1. The molecule has 2 aliphatic rings. The number of esters is 1. The molecule has 2 aromatic carbocycles. The van der Waals surface area contributed by atoms with Gasteiger partial charge in [0, 0.05) is 15.7 Å². The van der Waals surface area contributed by atoms with Crippen LogP contribution in [0.15, 0.2) is 42.5 Å². The predicted molar refractivity (Wildman–Crippen MR) is 125 cm³/mol. The molecular weight excluding hydrogens is 481 g/mol. The number of amides is 2. The molecule has 0 saturated heterocycles. The van der Waals surface area contributed by atoms with Gasteiger partial charge in [-0.05, 0) is 48.4 Å². The van der Waals surface area contributed by atoms with Crippen LogP contribution in [0.1, 0.15) is 36.2 Å². The van der Waals surface area contributed by atoms with Gasteiger partial charge in [-0.3, -0.25) is 19.3 Å². The topological polar surface area (TPSA) is 106 Å². The lowest BCUT2D eigenvalue weighted by atomic mass is 9.73. The number of benzene rings is 2. The van der Waals surface area contributed by atoms with Crippen LogP contribution in [-0.4, -0.2) is 46.4 Å². The Morgan fingerprint density at radius 2 is 1.88 bits per heavy atom. The van der Waals surface area contributed by atoms with Gasteiger partial charge in [0.05, 0.1) is 19.6 Å². The van der Waals surface area contributed by atoms with Crippen LogP contribution in [0.4, 0.5) is 11.5 Å². The highest BCUT2D eigenvalue weighted by molar-refractivity contribution is 6.31. The molecule has 3 heterocycles. The second kappa shape index (κ2) is 8.11. The molecular formula is C23H19Cl2N5O4. The van der Waals surface area contributed by atoms with E-state index >= 15 is 0 Å². The van der Waals surface area contributed by atoms with Gasteiger partial charge in [-0.2, -0.15) is 0 Å². The first-order valence-electron chi connectivity index (χ1n) is 10.5. The number of carbonyl (C=O) groups is 3. The van der Waals surface area contributed by atoms with Crippen molar-refractivity contribution in [3.8, 4) is 0 Å². The fraction of sp³-hybridized carbons (Fsp3) is 0.261. The zero-order valence-electron chi connectivity index (χ0n) is 18.2. The van der Waals surface area contributed by atoms with Gasteiger partial charge in [-0.1, -0.05) is 40.5 Å². The van der Waals surface area contributed by atoms with Crippen molar-refractivity contribution in [1.29, 1.82) is 0 Å². The number of methoxy groups -OCH3 is 1. The summed E-state index contributed by atoms with van der Waals surface area (Å²) >= 11 is 12.3. The normalized spacial score (nSPS) is 19.6. The smallest absolute Gasteiger partial charge is 0.325 e. The third-order valence-electron chi connectivity index (χ3n) is 6.36. The van der Waals surface area contributed by atoms with E-state index in [1.165, 1.54) is 16.7 Å². The largest absolute Gasteiger partial charge is 0.468 e. The number of nitrogens with zero attached hydrogens (tertiary/aromatic N) is 4. The van der Waals surface area contributed by atoms with Crippen molar-refractivity contribution in [2.24, 2.45) is 0 Å². The second-order valence-electron chi connectivity index (χ2n) is 8.22. The Bertz CT molecular complexity index is 1340. The molecule has 0 fully saturated rings. The van der Waals surface area contributed by atoms with E-state index in [4.69, 9.17) is 27.9 Å². The molecule has 0 saturated carbocycles. The van der Waals surface area contributed by atoms with Gasteiger partial charge in [-0.25, -0.2) is 4.68 Å². The van der Waals surface area contributed by atoms with Gasteiger partial charge in [0.25, 0.3) is 0 Å². The van der Waals surface area contributed by atoms with Crippen LogP contribution in [0.3, 0.4) is 0 Å². The summed E-state index contributed by atoms with van der Waals surface area (Å²) in [6.45, 7) is 1.53. The summed E-state index contributed by atoms with van der Waals surface area (Å²) in [7, 11) is 1.24. The van der Waals surface area contributed by atoms with E-state index in [0.717, 1.165) is 5.56 Å². The highest BCUT2D eigenvalue weighted by Gasteiger charge is 2.58. The lowest BCUT2D eigenvalue weighted by molar-refractivity contribution is -0.140. The summed E-state index contributed by atoms with van der Waals surface area (Å²) in [5.74, 6) is -1.19. The predicted octanol–water partition coefficient (Wildman–Crippen LogP) is 3.34. The summed E-state index contributed by atoms with van der Waals surface area (Å²) in [6.07, 6.45) is -0.232. The maximum Gasteiger partial charge on any atom is 0.325 e. The van der Waals surface area contributed by atoms with Crippen LogP contribution in [0.25, 0.3) is 0 Å². The molecule has 0 unspecified atom stereocenters. The highest BCUT2D eigenvalue weighted by Crippen LogP contribution is 2.51. The average Bonchev–Trinajstić information content (AvgIpc) is 3.37. The van der Waals surface area contributed by atoms with Crippen molar-refractivity contribution < 1.29 is 19.1 Å². The first-order valence-corrected chi connectivity index (χ1v) is 11.2. The maximum atomic E-state index is 13.5. The lowest BCUT2D eigenvalue weighted by Gasteiger charge is -2.36. The molecule has 11 heteroatoms. The van der Waals surface area contributed by atoms with Crippen LogP contribution in [-0.2, 0) is 24.5 Å². The number of carbonyl (C=O) groups excluding carboxylic acids is 3. The van der Waals surface area contributed by atoms with Crippen LogP contribution >= 0.6 is 23.2 Å². The van der Waals surface area contributed by atoms with Gasteiger partial charge in [0.1, 0.15) is 17.7 Å². The number of halogens is 2. The molecule has 2 atom stereocenters. The van der Waals surface area contributed by atoms with Crippen LogP contribution in [0.2, 0.25) is 10.0 Å². The number of ether oxygens (including phenoxy) is 1. The lowest BCUT2D eigenvalue weighted by Crippen LogP contribution is -2.50. The molecule has 1 spiro atoms. The van der Waals surface area contributed by atoms with E-state index in [1.54, 1.807) is 30.3 Å². The average molecular weight is 500 g/mol. The van der Waals surface area contributed by atoms with Crippen LogP contribution < -0.4 is 10.2 Å². The molecule has 1 N–H and O–H groups in total. The number of rotatable bonds is 4. The van der Waals surface area contributed by atoms with Crippen LogP contribution in [0.5, 0.6) is 0 Å². The minimum absolute atomic E-state index is 0.232. The summed E-state index contributed by atoms with van der Waals surface area (Å²) in [6, 6.07) is 11.8. The van der Waals surface area contributed by atoms with Crippen molar-refractivity contribution >= 4 is 52.5 Å². The Kier molecular flexibility index (Phi) is 5.33. The summed E-state index contributed by atoms with van der Waals surface area (Å²) in [5, 5.41) is 12.6. The number of hydrogen-bond acceptors (Lipinski definition) is 6. The van der Waals surface area contributed by atoms with E-state index in [1.807, 2.05) is 19.1 Å².